The maximum Gasteiger partial charge on any atom is 0.262 e. The minimum Gasteiger partial charge on any atom is -0.483 e. The van der Waals surface area contributed by atoms with E-state index in [-0.39, 0.29) is 17.4 Å². The number of amides is 1. The van der Waals surface area contributed by atoms with Crippen LogP contribution in [-0.4, -0.2) is 28.0 Å². The van der Waals surface area contributed by atoms with Crippen LogP contribution in [-0.2, 0) is 14.8 Å². The largest absolute Gasteiger partial charge is 0.483 e. The van der Waals surface area contributed by atoms with Crippen LogP contribution in [0.3, 0.4) is 0 Å². The first-order valence-corrected chi connectivity index (χ1v) is 9.26. The topological polar surface area (TPSA) is 84.5 Å². The van der Waals surface area contributed by atoms with Gasteiger partial charge < -0.3 is 10.1 Å². The highest BCUT2D eigenvalue weighted by Crippen LogP contribution is 2.21. The van der Waals surface area contributed by atoms with E-state index in [4.69, 9.17) is 4.74 Å². The fourth-order valence-corrected chi connectivity index (χ4v) is 3.29. The first-order chi connectivity index (χ1) is 11.7. The molecule has 0 heterocycles. The molecule has 7 heteroatoms. The van der Waals surface area contributed by atoms with Gasteiger partial charge in [0.25, 0.3) is 5.91 Å². The molecule has 0 spiro atoms. The summed E-state index contributed by atoms with van der Waals surface area (Å²) in [5, 5.41) is 2.65. The minimum absolute atomic E-state index is 0.128. The Bertz CT molecular complexity index is 892. The Morgan fingerprint density at radius 3 is 2.48 bits per heavy atom. The van der Waals surface area contributed by atoms with Crippen LogP contribution >= 0.6 is 0 Å². The summed E-state index contributed by atoms with van der Waals surface area (Å²) in [6.07, 6.45) is 0. The number of carbonyl (C=O) groups is 1. The maximum atomic E-state index is 12.1. The smallest absolute Gasteiger partial charge is 0.262 e. The number of anilines is 1. The second-order valence-electron chi connectivity index (χ2n) is 5.72. The highest BCUT2D eigenvalue weighted by Gasteiger charge is 2.16. The number of carbonyl (C=O) groups excluding carboxylic acids is 1. The van der Waals surface area contributed by atoms with Crippen LogP contribution < -0.4 is 14.8 Å². The van der Waals surface area contributed by atoms with Gasteiger partial charge in [-0.3, -0.25) is 4.79 Å². The zero-order chi connectivity index (χ0) is 18.6. The highest BCUT2D eigenvalue weighted by molar-refractivity contribution is 7.89. The molecule has 0 radical (unpaired) electrons. The van der Waals surface area contributed by atoms with E-state index in [9.17, 15) is 13.2 Å². The molecule has 2 aromatic rings. The Morgan fingerprint density at radius 1 is 1.08 bits per heavy atom. The highest BCUT2D eigenvalue weighted by atomic mass is 32.2. The summed E-state index contributed by atoms with van der Waals surface area (Å²) in [6, 6.07) is 10.4. The van der Waals surface area contributed by atoms with E-state index in [1.807, 2.05) is 26.0 Å². The molecule has 0 aromatic heterocycles. The van der Waals surface area contributed by atoms with Crippen LogP contribution in [0.5, 0.6) is 5.75 Å². The molecule has 2 aromatic carbocycles. The first-order valence-electron chi connectivity index (χ1n) is 7.77. The van der Waals surface area contributed by atoms with Gasteiger partial charge in [-0.1, -0.05) is 18.2 Å². The van der Waals surface area contributed by atoms with Crippen molar-refractivity contribution in [2.75, 3.05) is 19.0 Å². The van der Waals surface area contributed by atoms with Crippen molar-refractivity contribution < 1.29 is 17.9 Å². The van der Waals surface area contributed by atoms with Gasteiger partial charge in [-0.25, -0.2) is 13.1 Å². The van der Waals surface area contributed by atoms with Crippen LogP contribution in [0.15, 0.2) is 41.3 Å². The Labute approximate surface area is 148 Å². The van der Waals surface area contributed by atoms with Gasteiger partial charge in [0, 0.05) is 5.69 Å². The second kappa shape index (κ2) is 7.67. The lowest BCUT2D eigenvalue weighted by molar-refractivity contribution is -0.118. The molecule has 6 nitrogen and oxygen atoms in total. The summed E-state index contributed by atoms with van der Waals surface area (Å²) in [4.78, 5) is 12.2. The standard InChI is InChI=1S/C18H22N2O4S/c1-12-6-5-7-16(14(12)3)24-11-18(21)20-15-9-8-13(2)17(10-15)25(22,23)19-4/h5-10,19H,11H2,1-4H3,(H,20,21). The summed E-state index contributed by atoms with van der Waals surface area (Å²) in [5.74, 6) is 0.287. The van der Waals surface area contributed by atoms with Crippen LogP contribution in [0.25, 0.3) is 0 Å². The molecule has 0 fully saturated rings. The SMILES string of the molecule is CNS(=O)(=O)c1cc(NC(=O)COc2cccc(C)c2C)ccc1C. The van der Waals surface area contributed by atoms with Crippen LogP contribution in [0.2, 0.25) is 0 Å². The predicted molar refractivity (Wildman–Crippen MR) is 97.5 cm³/mol. The number of ether oxygens (including phenoxy) is 1. The third-order valence-electron chi connectivity index (χ3n) is 3.94. The van der Waals surface area contributed by atoms with Gasteiger partial charge in [0.05, 0.1) is 4.90 Å². The third-order valence-corrected chi connectivity index (χ3v) is 5.50. The number of aryl methyl sites for hydroxylation is 2. The van der Waals surface area contributed by atoms with E-state index in [1.54, 1.807) is 25.1 Å². The Kier molecular flexibility index (Phi) is 5.81. The average molecular weight is 362 g/mol. The van der Waals surface area contributed by atoms with Gasteiger partial charge in [0.1, 0.15) is 5.75 Å². The molecule has 2 N–H and O–H groups in total. The maximum absolute atomic E-state index is 12.1. The molecule has 134 valence electrons. The monoisotopic (exact) mass is 362 g/mol. The van der Waals surface area contributed by atoms with Crippen LogP contribution in [0, 0.1) is 20.8 Å². The van der Waals surface area contributed by atoms with Crippen molar-refractivity contribution in [3.63, 3.8) is 0 Å². The van der Waals surface area contributed by atoms with E-state index in [2.05, 4.69) is 10.0 Å². The number of hydrogen-bond donors (Lipinski definition) is 2. The molecule has 1 amide bonds. The van der Waals surface area contributed by atoms with E-state index >= 15 is 0 Å². The Balaban J connectivity index is 2.08. The van der Waals surface area contributed by atoms with Crippen molar-refractivity contribution in [1.82, 2.24) is 4.72 Å². The third kappa shape index (κ3) is 4.58. The van der Waals surface area contributed by atoms with Gasteiger partial charge in [0.15, 0.2) is 6.61 Å². The quantitative estimate of drug-likeness (QED) is 0.827. The zero-order valence-electron chi connectivity index (χ0n) is 14.7. The lowest BCUT2D eigenvalue weighted by Gasteiger charge is -2.12. The summed E-state index contributed by atoms with van der Waals surface area (Å²) < 4.78 is 31.8. The number of sulfonamides is 1. The van der Waals surface area contributed by atoms with Gasteiger partial charge in [-0.2, -0.15) is 0 Å². The van der Waals surface area contributed by atoms with Crippen LogP contribution in [0.1, 0.15) is 16.7 Å². The van der Waals surface area contributed by atoms with Gasteiger partial charge in [0.2, 0.25) is 10.0 Å². The number of benzene rings is 2. The van der Waals surface area contributed by atoms with E-state index in [0.29, 0.717) is 17.0 Å². The van der Waals surface area contributed by atoms with Crippen LogP contribution in [0.4, 0.5) is 5.69 Å². The second-order valence-corrected chi connectivity index (χ2v) is 7.58. The van der Waals surface area contributed by atoms with Gasteiger partial charge in [-0.15, -0.1) is 0 Å². The average Bonchev–Trinajstić information content (AvgIpc) is 2.57. The van der Waals surface area contributed by atoms with Gasteiger partial charge in [-0.05, 0) is 62.7 Å². The van der Waals surface area contributed by atoms with E-state index in [1.165, 1.54) is 13.1 Å². The number of rotatable bonds is 6. The molecule has 0 aliphatic rings. The Hall–Kier alpha value is -2.38. The minimum atomic E-state index is -3.59. The summed E-state index contributed by atoms with van der Waals surface area (Å²) in [7, 11) is -2.24. The fraction of sp³-hybridized carbons (Fsp3) is 0.278. The summed E-state index contributed by atoms with van der Waals surface area (Å²) >= 11 is 0. The molecule has 0 aliphatic carbocycles. The molecule has 0 bridgehead atoms. The normalized spacial score (nSPS) is 11.2. The predicted octanol–water partition coefficient (Wildman–Crippen LogP) is 2.54. The lowest BCUT2D eigenvalue weighted by atomic mass is 10.1. The fourth-order valence-electron chi connectivity index (χ4n) is 2.30. The van der Waals surface area contributed by atoms with E-state index < -0.39 is 10.0 Å². The van der Waals surface area contributed by atoms with Crippen molar-refractivity contribution >= 4 is 21.6 Å². The van der Waals surface area contributed by atoms with Gasteiger partial charge >= 0.3 is 0 Å². The van der Waals surface area contributed by atoms with Crippen molar-refractivity contribution in [3.05, 3.63) is 53.1 Å². The zero-order valence-corrected chi connectivity index (χ0v) is 15.5. The lowest BCUT2D eigenvalue weighted by Crippen LogP contribution is -2.22. The summed E-state index contributed by atoms with van der Waals surface area (Å²) in [6.45, 7) is 5.43. The molecule has 25 heavy (non-hydrogen) atoms. The molecule has 2 rings (SSSR count). The molecule has 0 saturated carbocycles. The van der Waals surface area contributed by atoms with Crippen molar-refractivity contribution in [2.24, 2.45) is 0 Å². The summed E-state index contributed by atoms with van der Waals surface area (Å²) in [5.41, 5.74) is 3.05. The van der Waals surface area contributed by atoms with Crippen molar-refractivity contribution in [2.45, 2.75) is 25.7 Å². The van der Waals surface area contributed by atoms with Crippen molar-refractivity contribution in [1.29, 1.82) is 0 Å². The molecule has 0 saturated heterocycles. The Morgan fingerprint density at radius 2 is 1.80 bits per heavy atom. The number of nitrogens with one attached hydrogen (secondary N) is 2. The number of hydrogen-bond acceptors (Lipinski definition) is 4. The molecule has 0 aliphatic heterocycles. The van der Waals surface area contributed by atoms with Crippen molar-refractivity contribution in [3.8, 4) is 5.75 Å². The molecule has 0 atom stereocenters. The molecule has 0 unspecified atom stereocenters. The first kappa shape index (κ1) is 19.0. The molecular formula is C18H22N2O4S. The molecular weight excluding hydrogens is 340 g/mol. The van der Waals surface area contributed by atoms with E-state index in [0.717, 1.165) is 11.1 Å².